The quantitative estimate of drug-likeness (QED) is 0.590. The number of fused-ring (bicyclic) bond motifs is 1. The van der Waals surface area contributed by atoms with Crippen LogP contribution in [-0.2, 0) is 0 Å². The number of aryl methyl sites for hydroxylation is 1. The van der Waals surface area contributed by atoms with Crippen LogP contribution in [0.4, 0.5) is 0 Å². The van der Waals surface area contributed by atoms with Gasteiger partial charge >= 0.3 is 0 Å². The molecule has 0 unspecified atom stereocenters. The summed E-state index contributed by atoms with van der Waals surface area (Å²) in [4.78, 5) is 12.1. The highest BCUT2D eigenvalue weighted by atomic mass is 16.6. The number of nitrogens with zero attached hydrogens (tertiary/aromatic N) is 1. The number of rotatable bonds is 3. The third-order valence-corrected chi connectivity index (χ3v) is 3.51. The highest BCUT2D eigenvalue weighted by molar-refractivity contribution is 5.96. The van der Waals surface area contributed by atoms with Crippen LogP contribution in [0.5, 0.6) is 23.0 Å². The van der Waals surface area contributed by atoms with Gasteiger partial charge in [-0.15, -0.1) is 0 Å². The van der Waals surface area contributed by atoms with Gasteiger partial charge in [0.15, 0.2) is 11.5 Å². The average Bonchev–Trinajstić information content (AvgIpc) is 2.56. The van der Waals surface area contributed by atoms with Gasteiger partial charge < -0.3 is 19.7 Å². The zero-order valence-corrected chi connectivity index (χ0v) is 12.9. The van der Waals surface area contributed by atoms with E-state index in [4.69, 9.17) is 9.47 Å². The normalized spacial score (nSPS) is 13.0. The summed E-state index contributed by atoms with van der Waals surface area (Å²) in [6.07, 6.45) is 1.32. The Balaban J connectivity index is 1.72. The Morgan fingerprint density at radius 2 is 1.92 bits per heavy atom. The maximum absolute atomic E-state index is 12.1. The van der Waals surface area contributed by atoms with E-state index >= 15 is 0 Å². The molecule has 0 saturated carbocycles. The van der Waals surface area contributed by atoms with Crippen LogP contribution in [-0.4, -0.2) is 35.5 Å². The number of hydrazone groups is 1. The van der Waals surface area contributed by atoms with Gasteiger partial charge in [0.05, 0.1) is 6.21 Å². The standard InChI is InChI=1S/C17H16N2O5/c1-10-6-12(20)8-14(21)13(10)9-18-19-17(22)11-2-3-15-16(7-11)24-5-4-23-15/h2-3,6-9,20-21H,4-5H2,1H3,(H,19,22). The van der Waals surface area contributed by atoms with Crippen molar-refractivity contribution < 1.29 is 24.5 Å². The van der Waals surface area contributed by atoms with Crippen LogP contribution < -0.4 is 14.9 Å². The van der Waals surface area contributed by atoms with E-state index in [-0.39, 0.29) is 11.5 Å². The largest absolute Gasteiger partial charge is 0.508 e. The van der Waals surface area contributed by atoms with E-state index in [0.29, 0.717) is 41.4 Å². The lowest BCUT2D eigenvalue weighted by Gasteiger charge is -2.18. The molecule has 0 aromatic heterocycles. The van der Waals surface area contributed by atoms with Gasteiger partial charge in [0.25, 0.3) is 5.91 Å². The van der Waals surface area contributed by atoms with Crippen LogP contribution >= 0.6 is 0 Å². The van der Waals surface area contributed by atoms with Crippen LogP contribution in [0.3, 0.4) is 0 Å². The molecular weight excluding hydrogens is 312 g/mol. The third-order valence-electron chi connectivity index (χ3n) is 3.51. The number of carbonyl (C=O) groups is 1. The molecule has 1 aliphatic rings. The first-order valence-corrected chi connectivity index (χ1v) is 7.30. The summed E-state index contributed by atoms with van der Waals surface area (Å²) in [6, 6.07) is 7.56. The van der Waals surface area contributed by atoms with Gasteiger partial charge in [0.2, 0.25) is 0 Å². The lowest BCUT2D eigenvalue weighted by molar-refractivity contribution is 0.0954. The van der Waals surface area contributed by atoms with Crippen molar-refractivity contribution in [3.63, 3.8) is 0 Å². The molecule has 2 aromatic rings. The summed E-state index contributed by atoms with van der Waals surface area (Å²) in [6.45, 7) is 2.64. The van der Waals surface area contributed by atoms with Crippen LogP contribution in [0.15, 0.2) is 35.4 Å². The highest BCUT2D eigenvalue weighted by Gasteiger charge is 2.14. The van der Waals surface area contributed by atoms with Crippen molar-refractivity contribution >= 4 is 12.1 Å². The van der Waals surface area contributed by atoms with E-state index < -0.39 is 5.91 Å². The second-order valence-corrected chi connectivity index (χ2v) is 5.25. The fourth-order valence-electron chi connectivity index (χ4n) is 2.33. The van der Waals surface area contributed by atoms with E-state index in [0.717, 1.165) is 0 Å². The van der Waals surface area contributed by atoms with Crippen molar-refractivity contribution in [2.75, 3.05) is 13.2 Å². The number of nitrogens with one attached hydrogen (secondary N) is 1. The molecule has 24 heavy (non-hydrogen) atoms. The van der Waals surface area contributed by atoms with Gasteiger partial charge in [0, 0.05) is 17.2 Å². The minimum atomic E-state index is -0.417. The summed E-state index contributed by atoms with van der Waals surface area (Å²) in [5.74, 6) is 0.544. The molecule has 7 heteroatoms. The molecule has 0 aliphatic carbocycles. The predicted octanol–water partition coefficient (Wildman–Crippen LogP) is 1.94. The average molecular weight is 328 g/mol. The van der Waals surface area contributed by atoms with Crippen LogP contribution in [0, 0.1) is 6.92 Å². The Kier molecular flexibility index (Phi) is 4.24. The monoisotopic (exact) mass is 328 g/mol. The molecule has 3 rings (SSSR count). The summed E-state index contributed by atoms with van der Waals surface area (Å²) in [5.41, 5.74) is 3.80. The Bertz CT molecular complexity index is 794. The van der Waals surface area contributed by atoms with Gasteiger partial charge in [0.1, 0.15) is 24.7 Å². The molecule has 2 aromatic carbocycles. The Morgan fingerprint density at radius 3 is 2.67 bits per heavy atom. The lowest BCUT2D eigenvalue weighted by atomic mass is 10.1. The molecule has 0 spiro atoms. The first kappa shape index (κ1) is 15.7. The second-order valence-electron chi connectivity index (χ2n) is 5.25. The molecule has 1 aliphatic heterocycles. The topological polar surface area (TPSA) is 100 Å². The van der Waals surface area contributed by atoms with Crippen LogP contribution in [0.25, 0.3) is 0 Å². The number of carbonyl (C=O) groups excluding carboxylic acids is 1. The van der Waals surface area contributed by atoms with Gasteiger partial charge in [-0.3, -0.25) is 4.79 Å². The first-order valence-electron chi connectivity index (χ1n) is 7.30. The van der Waals surface area contributed by atoms with Gasteiger partial charge in [-0.2, -0.15) is 5.10 Å². The molecule has 0 saturated heterocycles. The van der Waals surface area contributed by atoms with Crippen molar-refractivity contribution in [3.05, 3.63) is 47.0 Å². The van der Waals surface area contributed by atoms with Gasteiger partial charge in [-0.05, 0) is 36.8 Å². The van der Waals surface area contributed by atoms with E-state index in [1.807, 2.05) is 0 Å². The molecule has 0 fully saturated rings. The number of hydrogen-bond acceptors (Lipinski definition) is 6. The molecule has 1 heterocycles. The SMILES string of the molecule is Cc1cc(O)cc(O)c1C=NNC(=O)c1ccc2c(c1)OCCO2. The summed E-state index contributed by atoms with van der Waals surface area (Å²) >= 11 is 0. The Labute approximate surface area is 138 Å². The number of aromatic hydroxyl groups is 2. The van der Waals surface area contributed by atoms with Crippen molar-refractivity contribution in [2.24, 2.45) is 5.10 Å². The Morgan fingerprint density at radius 1 is 1.17 bits per heavy atom. The molecule has 1 amide bonds. The molecule has 124 valence electrons. The zero-order chi connectivity index (χ0) is 17.1. The molecule has 3 N–H and O–H groups in total. The van der Waals surface area contributed by atoms with Crippen molar-refractivity contribution in [3.8, 4) is 23.0 Å². The van der Waals surface area contributed by atoms with E-state index in [1.54, 1.807) is 25.1 Å². The third kappa shape index (κ3) is 3.24. The maximum Gasteiger partial charge on any atom is 0.271 e. The first-order chi connectivity index (χ1) is 11.5. The molecule has 7 nitrogen and oxygen atoms in total. The maximum atomic E-state index is 12.1. The molecule has 0 bridgehead atoms. The highest BCUT2D eigenvalue weighted by Crippen LogP contribution is 2.30. The summed E-state index contributed by atoms with van der Waals surface area (Å²) in [5, 5.41) is 23.0. The summed E-state index contributed by atoms with van der Waals surface area (Å²) < 4.78 is 10.8. The number of benzene rings is 2. The molecular formula is C17H16N2O5. The minimum Gasteiger partial charge on any atom is -0.508 e. The van der Waals surface area contributed by atoms with E-state index in [2.05, 4.69) is 10.5 Å². The lowest BCUT2D eigenvalue weighted by Crippen LogP contribution is -2.19. The van der Waals surface area contributed by atoms with Crippen molar-refractivity contribution in [1.82, 2.24) is 5.43 Å². The van der Waals surface area contributed by atoms with Crippen molar-refractivity contribution in [1.29, 1.82) is 0 Å². The van der Waals surface area contributed by atoms with Crippen LogP contribution in [0.2, 0.25) is 0 Å². The zero-order valence-electron chi connectivity index (χ0n) is 12.9. The predicted molar refractivity (Wildman–Crippen MR) is 87.0 cm³/mol. The second kappa shape index (κ2) is 6.49. The Hall–Kier alpha value is -3.22. The van der Waals surface area contributed by atoms with Gasteiger partial charge in [-0.1, -0.05) is 0 Å². The van der Waals surface area contributed by atoms with E-state index in [9.17, 15) is 15.0 Å². The molecule has 0 radical (unpaired) electrons. The fourth-order valence-corrected chi connectivity index (χ4v) is 2.33. The number of phenolic OH excluding ortho intramolecular Hbond substituents is 2. The molecule has 0 atom stereocenters. The van der Waals surface area contributed by atoms with Gasteiger partial charge in [-0.25, -0.2) is 5.43 Å². The number of ether oxygens (including phenoxy) is 2. The number of amides is 1. The fraction of sp³-hybridized carbons (Fsp3) is 0.176. The van der Waals surface area contributed by atoms with Crippen molar-refractivity contribution in [2.45, 2.75) is 6.92 Å². The van der Waals surface area contributed by atoms with Crippen LogP contribution in [0.1, 0.15) is 21.5 Å². The number of hydrogen-bond donors (Lipinski definition) is 3. The van der Waals surface area contributed by atoms with E-state index in [1.165, 1.54) is 18.3 Å². The smallest absolute Gasteiger partial charge is 0.271 e. The minimum absolute atomic E-state index is 0.0394. The number of phenols is 2. The summed E-state index contributed by atoms with van der Waals surface area (Å²) in [7, 11) is 0.